The number of benzene rings is 1. The summed E-state index contributed by atoms with van der Waals surface area (Å²) < 4.78 is 51.7. The van der Waals surface area contributed by atoms with Crippen LogP contribution < -0.4 is 4.74 Å². The van der Waals surface area contributed by atoms with Gasteiger partial charge in [-0.3, -0.25) is 0 Å². The number of hydrogen-bond acceptors (Lipinski definition) is 5. The Morgan fingerprint density at radius 2 is 2.08 bits per heavy atom. The van der Waals surface area contributed by atoms with Gasteiger partial charge in [-0.05, 0) is 24.3 Å². The summed E-state index contributed by atoms with van der Waals surface area (Å²) in [6.07, 6.45) is 2.92. The molecule has 3 heterocycles. The Balaban J connectivity index is 1.42. The standard InChI is InChI=1S/C18H19FN2O4S/c19-14-4-3-5-16(10-14)26(22,23)21-12-18(13-21)11-15(7-9-24-18)25-17-6-1-2-8-20-17/h1-6,8,10,15H,7,9,11-13H2/t15-/m1/s1. The Labute approximate surface area is 151 Å². The first kappa shape index (κ1) is 17.4. The number of ether oxygens (including phenoxy) is 2. The second-order valence-corrected chi connectivity index (χ2v) is 8.60. The molecule has 2 aliphatic heterocycles. The highest BCUT2D eigenvalue weighted by molar-refractivity contribution is 7.89. The summed E-state index contributed by atoms with van der Waals surface area (Å²) in [6, 6.07) is 10.5. The number of hydrogen-bond donors (Lipinski definition) is 0. The highest BCUT2D eigenvalue weighted by atomic mass is 32.2. The first-order valence-corrected chi connectivity index (χ1v) is 9.88. The van der Waals surface area contributed by atoms with Crippen molar-refractivity contribution in [1.29, 1.82) is 0 Å². The Hall–Kier alpha value is -2.03. The summed E-state index contributed by atoms with van der Waals surface area (Å²) >= 11 is 0. The van der Waals surface area contributed by atoms with Crippen LogP contribution >= 0.6 is 0 Å². The topological polar surface area (TPSA) is 68.7 Å². The van der Waals surface area contributed by atoms with Gasteiger partial charge in [0, 0.05) is 38.2 Å². The molecule has 0 aliphatic carbocycles. The van der Waals surface area contributed by atoms with Crippen LogP contribution in [0.5, 0.6) is 5.88 Å². The molecule has 1 aromatic heterocycles. The lowest BCUT2D eigenvalue weighted by atomic mass is 9.86. The van der Waals surface area contributed by atoms with Gasteiger partial charge in [-0.1, -0.05) is 12.1 Å². The predicted octanol–water partition coefficient (Wildman–Crippen LogP) is 2.22. The van der Waals surface area contributed by atoms with Gasteiger partial charge in [-0.2, -0.15) is 4.31 Å². The lowest BCUT2D eigenvalue weighted by Gasteiger charge is -2.51. The summed E-state index contributed by atoms with van der Waals surface area (Å²) in [6.45, 7) is 0.993. The predicted molar refractivity (Wildman–Crippen MR) is 91.7 cm³/mol. The smallest absolute Gasteiger partial charge is 0.243 e. The molecule has 1 atom stereocenters. The Kier molecular flexibility index (Phi) is 4.42. The molecule has 2 aliphatic rings. The van der Waals surface area contributed by atoms with Crippen molar-refractivity contribution >= 4 is 10.0 Å². The molecule has 8 heteroatoms. The number of aromatic nitrogens is 1. The summed E-state index contributed by atoms with van der Waals surface area (Å²) in [5.41, 5.74) is -0.544. The van der Waals surface area contributed by atoms with Crippen molar-refractivity contribution in [2.75, 3.05) is 19.7 Å². The molecule has 26 heavy (non-hydrogen) atoms. The summed E-state index contributed by atoms with van der Waals surface area (Å²) in [7, 11) is -3.72. The number of sulfonamides is 1. The average molecular weight is 378 g/mol. The lowest BCUT2D eigenvalue weighted by Crippen LogP contribution is -2.67. The Bertz CT molecular complexity index is 885. The minimum absolute atomic E-state index is 0.0376. The zero-order valence-electron chi connectivity index (χ0n) is 14.0. The Morgan fingerprint density at radius 1 is 1.23 bits per heavy atom. The maximum atomic E-state index is 13.4. The normalized spacial score (nSPS) is 22.7. The second kappa shape index (κ2) is 6.61. The van der Waals surface area contributed by atoms with E-state index in [9.17, 15) is 12.8 Å². The molecule has 0 saturated carbocycles. The van der Waals surface area contributed by atoms with E-state index in [4.69, 9.17) is 9.47 Å². The van der Waals surface area contributed by atoms with Gasteiger partial charge in [-0.25, -0.2) is 17.8 Å². The molecule has 4 rings (SSSR count). The molecule has 0 bridgehead atoms. The molecule has 0 radical (unpaired) electrons. The van der Waals surface area contributed by atoms with Crippen molar-refractivity contribution in [3.63, 3.8) is 0 Å². The van der Waals surface area contributed by atoms with Gasteiger partial charge >= 0.3 is 0 Å². The minimum atomic E-state index is -3.72. The van der Waals surface area contributed by atoms with Crippen LogP contribution in [-0.4, -0.2) is 49.1 Å². The van der Waals surface area contributed by atoms with E-state index in [1.54, 1.807) is 12.3 Å². The van der Waals surface area contributed by atoms with Crippen LogP contribution in [0.2, 0.25) is 0 Å². The maximum Gasteiger partial charge on any atom is 0.243 e. The summed E-state index contributed by atoms with van der Waals surface area (Å²) in [5.74, 6) is -0.0165. The largest absolute Gasteiger partial charge is 0.474 e. The van der Waals surface area contributed by atoms with Gasteiger partial charge in [0.2, 0.25) is 15.9 Å². The van der Waals surface area contributed by atoms with Crippen LogP contribution in [-0.2, 0) is 14.8 Å². The molecule has 1 aromatic carbocycles. The zero-order valence-corrected chi connectivity index (χ0v) is 14.9. The van der Waals surface area contributed by atoms with Gasteiger partial charge in [0.05, 0.1) is 17.1 Å². The van der Waals surface area contributed by atoms with E-state index >= 15 is 0 Å². The lowest BCUT2D eigenvalue weighted by molar-refractivity contribution is -0.165. The third kappa shape index (κ3) is 3.32. The van der Waals surface area contributed by atoms with Crippen LogP contribution in [0.15, 0.2) is 53.6 Å². The average Bonchev–Trinajstić information content (AvgIpc) is 2.61. The third-order valence-electron chi connectivity index (χ3n) is 4.74. The van der Waals surface area contributed by atoms with Gasteiger partial charge in [-0.15, -0.1) is 0 Å². The van der Waals surface area contributed by atoms with Crippen molar-refractivity contribution in [2.45, 2.75) is 29.4 Å². The molecule has 1 spiro atoms. The minimum Gasteiger partial charge on any atom is -0.474 e. The first-order chi connectivity index (χ1) is 12.5. The fourth-order valence-corrected chi connectivity index (χ4v) is 5.05. The van der Waals surface area contributed by atoms with Gasteiger partial charge in [0.1, 0.15) is 11.9 Å². The van der Waals surface area contributed by atoms with Crippen LogP contribution in [0.25, 0.3) is 0 Å². The van der Waals surface area contributed by atoms with Crippen LogP contribution in [0.3, 0.4) is 0 Å². The van der Waals surface area contributed by atoms with Crippen molar-refractivity contribution in [3.8, 4) is 5.88 Å². The van der Waals surface area contributed by atoms with E-state index < -0.39 is 21.4 Å². The first-order valence-electron chi connectivity index (χ1n) is 8.44. The fraction of sp³-hybridized carbons (Fsp3) is 0.389. The van der Waals surface area contributed by atoms with Gasteiger partial charge < -0.3 is 9.47 Å². The van der Waals surface area contributed by atoms with Crippen LogP contribution in [0.4, 0.5) is 4.39 Å². The van der Waals surface area contributed by atoms with Crippen LogP contribution in [0.1, 0.15) is 12.8 Å². The van der Waals surface area contributed by atoms with Crippen molar-refractivity contribution in [1.82, 2.24) is 9.29 Å². The molecule has 0 N–H and O–H groups in total. The van der Waals surface area contributed by atoms with E-state index in [0.717, 1.165) is 12.5 Å². The Morgan fingerprint density at radius 3 is 2.81 bits per heavy atom. The zero-order chi connectivity index (χ0) is 18.2. The number of rotatable bonds is 4. The van der Waals surface area contributed by atoms with Crippen molar-refractivity contribution in [3.05, 3.63) is 54.5 Å². The quantitative estimate of drug-likeness (QED) is 0.816. The van der Waals surface area contributed by atoms with E-state index in [-0.39, 0.29) is 24.1 Å². The highest BCUT2D eigenvalue weighted by Crippen LogP contribution is 2.38. The highest BCUT2D eigenvalue weighted by Gasteiger charge is 2.52. The molecular weight excluding hydrogens is 359 g/mol. The van der Waals surface area contributed by atoms with Crippen molar-refractivity contribution in [2.24, 2.45) is 0 Å². The monoisotopic (exact) mass is 378 g/mol. The molecule has 0 amide bonds. The maximum absolute atomic E-state index is 13.4. The van der Waals surface area contributed by atoms with E-state index in [1.165, 1.54) is 22.5 Å². The molecule has 2 aromatic rings. The molecule has 2 saturated heterocycles. The summed E-state index contributed by atoms with van der Waals surface area (Å²) in [5, 5.41) is 0. The number of halogens is 1. The number of pyridine rings is 1. The van der Waals surface area contributed by atoms with Crippen LogP contribution in [0, 0.1) is 5.82 Å². The molecular formula is C18H19FN2O4S. The van der Waals surface area contributed by atoms with E-state index in [0.29, 0.717) is 18.9 Å². The molecule has 2 fully saturated rings. The number of nitrogens with zero attached hydrogens (tertiary/aromatic N) is 2. The SMILES string of the molecule is O=S(=O)(c1cccc(F)c1)N1CC2(C[C@H](Oc3ccccn3)CCO2)C1. The van der Waals surface area contributed by atoms with Gasteiger partial charge in [0.15, 0.2) is 0 Å². The van der Waals surface area contributed by atoms with Crippen molar-refractivity contribution < 1.29 is 22.3 Å². The molecule has 6 nitrogen and oxygen atoms in total. The summed E-state index contributed by atoms with van der Waals surface area (Å²) in [4.78, 5) is 4.12. The second-order valence-electron chi connectivity index (χ2n) is 6.66. The molecule has 0 unspecified atom stereocenters. The molecule has 138 valence electrons. The third-order valence-corrected chi connectivity index (χ3v) is 6.52. The fourth-order valence-electron chi connectivity index (χ4n) is 3.43. The van der Waals surface area contributed by atoms with E-state index in [1.807, 2.05) is 12.1 Å². The van der Waals surface area contributed by atoms with Gasteiger partial charge in [0.25, 0.3) is 0 Å². The van der Waals surface area contributed by atoms with E-state index in [2.05, 4.69) is 4.98 Å².